The van der Waals surface area contributed by atoms with E-state index in [9.17, 15) is 4.79 Å². The van der Waals surface area contributed by atoms with Crippen molar-refractivity contribution in [2.24, 2.45) is 0 Å². The topological polar surface area (TPSA) is 26.3 Å². The molecule has 0 rings (SSSR count). The molecule has 0 atom stereocenters. The van der Waals surface area contributed by atoms with Gasteiger partial charge in [-0.15, -0.1) is 0 Å². The standard InChI is InChI=1S/C29H42O2/c1-3-4-5-6-7-8-9-10-11-12-13-14-15-16-17-18-19-20-21-22-23-24-25-26-27-28-29(30)31-2/h4-5,7-8,10-11,13-14,16-17,19-20,22-23,25-26H,3,6,9,12,15,18,21,24,27-28H2,1-2H3/b5-4-,8-7-,11-10-,14-13-,17-16-,20-19-,23-22-,26-25-. The Morgan fingerprint density at radius 1 is 0.516 bits per heavy atom. The average Bonchev–Trinajstić information content (AvgIpc) is 2.78. The van der Waals surface area contributed by atoms with Gasteiger partial charge in [-0.3, -0.25) is 4.79 Å². The van der Waals surface area contributed by atoms with E-state index in [1.807, 2.05) is 6.08 Å². The first-order valence-electron chi connectivity index (χ1n) is 11.6. The molecule has 170 valence electrons. The molecular formula is C29H42O2. The Kier molecular flexibility index (Phi) is 23.3. The second-order valence-corrected chi connectivity index (χ2v) is 6.94. The lowest BCUT2D eigenvalue weighted by Gasteiger charge is -1.93. The third-order valence-corrected chi connectivity index (χ3v) is 4.22. The van der Waals surface area contributed by atoms with Crippen LogP contribution in [-0.2, 0) is 9.53 Å². The van der Waals surface area contributed by atoms with Crippen LogP contribution < -0.4 is 0 Å². The van der Waals surface area contributed by atoms with Gasteiger partial charge in [-0.2, -0.15) is 0 Å². The van der Waals surface area contributed by atoms with E-state index in [0.29, 0.717) is 6.42 Å². The molecule has 0 spiro atoms. The molecule has 0 aromatic heterocycles. The Hall–Kier alpha value is -2.61. The number of esters is 1. The van der Waals surface area contributed by atoms with Crippen molar-refractivity contribution in [2.45, 2.75) is 71.1 Å². The zero-order chi connectivity index (χ0) is 22.7. The van der Waals surface area contributed by atoms with E-state index < -0.39 is 0 Å². The van der Waals surface area contributed by atoms with Gasteiger partial charge in [0.1, 0.15) is 0 Å². The highest BCUT2D eigenvalue weighted by atomic mass is 16.5. The largest absolute Gasteiger partial charge is 0.469 e. The Balaban J connectivity index is 3.57. The van der Waals surface area contributed by atoms with Crippen molar-refractivity contribution in [2.75, 3.05) is 7.11 Å². The molecule has 0 aliphatic carbocycles. The normalized spacial score (nSPS) is 13.2. The van der Waals surface area contributed by atoms with E-state index in [-0.39, 0.29) is 5.97 Å². The zero-order valence-corrected chi connectivity index (χ0v) is 19.6. The highest BCUT2D eigenvalue weighted by Gasteiger charge is 1.94. The van der Waals surface area contributed by atoms with Crippen LogP contribution in [0.1, 0.15) is 71.1 Å². The summed E-state index contributed by atoms with van der Waals surface area (Å²) in [5, 5.41) is 0. The van der Waals surface area contributed by atoms with Crippen LogP contribution in [0.15, 0.2) is 97.2 Å². The van der Waals surface area contributed by atoms with Crippen molar-refractivity contribution in [1.29, 1.82) is 0 Å². The molecule has 0 fully saturated rings. The van der Waals surface area contributed by atoms with Crippen LogP contribution in [0.4, 0.5) is 0 Å². The summed E-state index contributed by atoms with van der Waals surface area (Å²) in [6, 6.07) is 0. The lowest BCUT2D eigenvalue weighted by molar-refractivity contribution is -0.140. The van der Waals surface area contributed by atoms with Crippen LogP contribution in [-0.4, -0.2) is 13.1 Å². The quantitative estimate of drug-likeness (QED) is 0.163. The summed E-state index contributed by atoms with van der Waals surface area (Å²) in [6.45, 7) is 2.16. The monoisotopic (exact) mass is 422 g/mol. The molecule has 0 aliphatic rings. The number of methoxy groups -OCH3 is 1. The molecule has 2 nitrogen and oxygen atoms in total. The lowest BCUT2D eigenvalue weighted by atomic mass is 10.2. The maximum atomic E-state index is 11.0. The first-order chi connectivity index (χ1) is 15.3. The number of rotatable bonds is 18. The fourth-order valence-electron chi connectivity index (χ4n) is 2.48. The number of allylic oxidation sites excluding steroid dienone is 16. The second-order valence-electron chi connectivity index (χ2n) is 6.94. The second kappa shape index (κ2) is 25.4. The molecule has 0 bridgehead atoms. The minimum atomic E-state index is -0.155. The molecule has 0 N–H and O–H groups in total. The first kappa shape index (κ1) is 28.4. The van der Waals surface area contributed by atoms with Crippen LogP contribution in [0.2, 0.25) is 0 Å². The molecule has 0 aromatic rings. The maximum absolute atomic E-state index is 11.0. The van der Waals surface area contributed by atoms with Crippen LogP contribution in [0, 0.1) is 0 Å². The van der Waals surface area contributed by atoms with Crippen molar-refractivity contribution in [3.8, 4) is 0 Å². The number of hydrogen-bond donors (Lipinski definition) is 0. The number of hydrogen-bond acceptors (Lipinski definition) is 2. The first-order valence-corrected chi connectivity index (χ1v) is 11.6. The highest BCUT2D eigenvalue weighted by molar-refractivity contribution is 5.69. The average molecular weight is 423 g/mol. The van der Waals surface area contributed by atoms with Gasteiger partial charge in [0.2, 0.25) is 0 Å². The Bertz CT molecular complexity index is 640. The van der Waals surface area contributed by atoms with Crippen LogP contribution in [0.25, 0.3) is 0 Å². The summed E-state index contributed by atoms with van der Waals surface area (Å²) in [5.41, 5.74) is 0. The molecule has 0 amide bonds. The molecule has 31 heavy (non-hydrogen) atoms. The van der Waals surface area contributed by atoms with E-state index >= 15 is 0 Å². The third-order valence-electron chi connectivity index (χ3n) is 4.22. The molecule has 0 aliphatic heterocycles. The predicted molar refractivity (Wildman–Crippen MR) is 137 cm³/mol. The predicted octanol–water partition coefficient (Wildman–Crippen LogP) is 8.53. The zero-order valence-electron chi connectivity index (χ0n) is 19.6. The summed E-state index contributed by atoms with van der Waals surface area (Å²) in [4.78, 5) is 11.0. The lowest BCUT2D eigenvalue weighted by Crippen LogP contribution is -1.97. The Morgan fingerprint density at radius 3 is 1.10 bits per heavy atom. The van der Waals surface area contributed by atoms with Gasteiger partial charge in [0, 0.05) is 6.42 Å². The van der Waals surface area contributed by atoms with Crippen molar-refractivity contribution >= 4 is 5.97 Å². The molecule has 2 heteroatoms. The smallest absolute Gasteiger partial charge is 0.305 e. The molecule has 0 saturated carbocycles. The summed E-state index contributed by atoms with van der Waals surface area (Å²) >= 11 is 0. The minimum absolute atomic E-state index is 0.155. The highest BCUT2D eigenvalue weighted by Crippen LogP contribution is 1.98. The number of ether oxygens (including phenoxy) is 1. The van der Waals surface area contributed by atoms with Crippen LogP contribution in [0.5, 0.6) is 0 Å². The van der Waals surface area contributed by atoms with Gasteiger partial charge >= 0.3 is 5.97 Å². The van der Waals surface area contributed by atoms with Gasteiger partial charge < -0.3 is 4.74 Å². The van der Waals surface area contributed by atoms with Gasteiger partial charge in [0.05, 0.1) is 7.11 Å². The van der Waals surface area contributed by atoms with Crippen molar-refractivity contribution < 1.29 is 9.53 Å². The summed E-state index contributed by atoms with van der Waals surface area (Å²) < 4.78 is 4.60. The van der Waals surface area contributed by atoms with Crippen molar-refractivity contribution in [1.82, 2.24) is 0 Å². The molecule has 0 heterocycles. The molecular weight excluding hydrogens is 380 g/mol. The fourth-order valence-corrected chi connectivity index (χ4v) is 2.48. The molecule has 0 radical (unpaired) electrons. The molecule has 0 saturated heterocycles. The van der Waals surface area contributed by atoms with E-state index in [1.165, 1.54) is 7.11 Å². The van der Waals surface area contributed by atoms with Gasteiger partial charge in [0.25, 0.3) is 0 Å². The SMILES string of the molecule is CC/C=C\C/C=C\C/C=C\C/C=C\C/C=C\C/C=C\C/C=C\C/C=C\CCC(=O)OC. The van der Waals surface area contributed by atoms with Crippen molar-refractivity contribution in [3.63, 3.8) is 0 Å². The van der Waals surface area contributed by atoms with Crippen LogP contribution >= 0.6 is 0 Å². The van der Waals surface area contributed by atoms with Gasteiger partial charge in [-0.25, -0.2) is 0 Å². The molecule has 0 aromatic carbocycles. The molecule has 0 unspecified atom stereocenters. The van der Waals surface area contributed by atoms with Crippen molar-refractivity contribution in [3.05, 3.63) is 97.2 Å². The van der Waals surface area contributed by atoms with Gasteiger partial charge in [-0.1, -0.05) is 104 Å². The summed E-state index contributed by atoms with van der Waals surface area (Å²) in [7, 11) is 1.42. The summed E-state index contributed by atoms with van der Waals surface area (Å²) in [6.07, 6.45) is 44.2. The van der Waals surface area contributed by atoms with Gasteiger partial charge in [-0.05, 0) is 57.8 Å². The summed E-state index contributed by atoms with van der Waals surface area (Å²) in [5.74, 6) is -0.155. The minimum Gasteiger partial charge on any atom is -0.469 e. The maximum Gasteiger partial charge on any atom is 0.305 e. The Labute approximate surface area is 191 Å². The third kappa shape index (κ3) is 25.4. The Morgan fingerprint density at radius 2 is 0.806 bits per heavy atom. The van der Waals surface area contributed by atoms with Crippen LogP contribution in [0.3, 0.4) is 0 Å². The van der Waals surface area contributed by atoms with E-state index in [2.05, 4.69) is 103 Å². The number of carbonyl (C=O) groups excluding carboxylic acids is 1. The van der Waals surface area contributed by atoms with E-state index in [0.717, 1.165) is 57.8 Å². The fraction of sp³-hybridized carbons (Fsp3) is 0.414. The van der Waals surface area contributed by atoms with E-state index in [4.69, 9.17) is 0 Å². The van der Waals surface area contributed by atoms with E-state index in [1.54, 1.807) is 0 Å². The van der Waals surface area contributed by atoms with Gasteiger partial charge in [0.15, 0.2) is 0 Å². The number of carbonyl (C=O) groups is 1.